The molecule has 1 aromatic heterocycles. The number of amides is 1. The molecule has 6 heteroatoms. The minimum atomic E-state index is -0.653. The van der Waals surface area contributed by atoms with Crippen molar-refractivity contribution in [3.63, 3.8) is 0 Å². The van der Waals surface area contributed by atoms with Gasteiger partial charge in [-0.15, -0.1) is 11.3 Å². The first-order valence-corrected chi connectivity index (χ1v) is 6.64. The van der Waals surface area contributed by atoms with Crippen LogP contribution >= 0.6 is 11.3 Å². The molecule has 0 aliphatic heterocycles. The van der Waals surface area contributed by atoms with Crippen LogP contribution in [0.2, 0.25) is 0 Å². The van der Waals surface area contributed by atoms with Gasteiger partial charge in [0, 0.05) is 10.9 Å². The molecule has 2 aromatic rings. The second-order valence-corrected chi connectivity index (χ2v) is 4.97. The highest BCUT2D eigenvalue weighted by molar-refractivity contribution is 7.13. The lowest BCUT2D eigenvalue weighted by molar-refractivity contribution is -0.115. The van der Waals surface area contributed by atoms with Crippen LogP contribution < -0.4 is 5.32 Å². The Kier molecular flexibility index (Phi) is 4.13. The summed E-state index contributed by atoms with van der Waals surface area (Å²) in [6, 6.07) is 6.69. The van der Waals surface area contributed by atoms with Crippen LogP contribution in [0.15, 0.2) is 29.6 Å². The zero-order valence-electron chi connectivity index (χ0n) is 10.3. The molecule has 0 spiro atoms. The molecule has 0 saturated carbocycles. The number of anilines is 1. The number of hydrogen-bond acceptors (Lipinski definition) is 5. The molecule has 0 saturated heterocycles. The van der Waals surface area contributed by atoms with Crippen LogP contribution in [0.4, 0.5) is 5.13 Å². The summed E-state index contributed by atoms with van der Waals surface area (Å²) in [7, 11) is 0. The number of aromatic hydroxyl groups is 1. The van der Waals surface area contributed by atoms with Gasteiger partial charge >= 0.3 is 0 Å². The number of para-hydroxylation sites is 1. The summed E-state index contributed by atoms with van der Waals surface area (Å²) in [5.74, 6) is -0.158. The van der Waals surface area contributed by atoms with Gasteiger partial charge in [0.2, 0.25) is 5.91 Å². The van der Waals surface area contributed by atoms with E-state index in [2.05, 4.69) is 10.3 Å². The number of phenolic OH excluding ortho intramolecular Hbond substituents is 1. The number of aromatic nitrogens is 1. The summed E-state index contributed by atoms with van der Waals surface area (Å²) in [6.45, 7) is 1.61. The summed E-state index contributed by atoms with van der Waals surface area (Å²) in [6.07, 6.45) is -0.573. The molecule has 0 fully saturated rings. The highest BCUT2D eigenvalue weighted by atomic mass is 32.1. The Morgan fingerprint density at radius 2 is 2.21 bits per heavy atom. The molecule has 1 heterocycles. The third-order valence-corrected chi connectivity index (χ3v) is 3.31. The molecule has 1 amide bonds. The number of phenols is 1. The zero-order valence-corrected chi connectivity index (χ0v) is 11.1. The molecule has 1 unspecified atom stereocenters. The SMILES string of the molecule is CC(O)c1csc(NC(=O)Cc2ccccc2O)n1. The minimum Gasteiger partial charge on any atom is -0.508 e. The largest absolute Gasteiger partial charge is 0.508 e. The maximum absolute atomic E-state index is 11.8. The number of aliphatic hydroxyl groups is 1. The highest BCUT2D eigenvalue weighted by Crippen LogP contribution is 2.21. The predicted octanol–water partition coefficient (Wildman–Crippen LogP) is 2.08. The average molecular weight is 278 g/mol. The van der Waals surface area contributed by atoms with Gasteiger partial charge in [0.15, 0.2) is 5.13 Å². The molecule has 0 bridgehead atoms. The Balaban J connectivity index is 1.99. The van der Waals surface area contributed by atoms with Crippen molar-refractivity contribution in [3.05, 3.63) is 40.9 Å². The van der Waals surface area contributed by atoms with Crippen molar-refractivity contribution in [2.75, 3.05) is 5.32 Å². The molecule has 19 heavy (non-hydrogen) atoms. The number of nitrogens with one attached hydrogen (secondary N) is 1. The predicted molar refractivity (Wildman–Crippen MR) is 73.2 cm³/mol. The molecule has 0 aliphatic rings. The van der Waals surface area contributed by atoms with E-state index in [1.807, 2.05) is 0 Å². The quantitative estimate of drug-likeness (QED) is 0.799. The Morgan fingerprint density at radius 1 is 1.47 bits per heavy atom. The molecule has 5 nitrogen and oxygen atoms in total. The van der Waals surface area contributed by atoms with E-state index in [-0.39, 0.29) is 18.1 Å². The van der Waals surface area contributed by atoms with Crippen molar-refractivity contribution in [1.82, 2.24) is 4.98 Å². The lowest BCUT2D eigenvalue weighted by atomic mass is 10.1. The Labute approximate surface area is 114 Å². The fraction of sp³-hybridized carbons (Fsp3) is 0.231. The maximum atomic E-state index is 11.8. The van der Waals surface area contributed by atoms with Crippen molar-refractivity contribution in [1.29, 1.82) is 0 Å². The van der Waals surface area contributed by atoms with Crippen molar-refractivity contribution >= 4 is 22.4 Å². The van der Waals surface area contributed by atoms with Crippen LogP contribution in [0.3, 0.4) is 0 Å². The van der Waals surface area contributed by atoms with Crippen molar-refractivity contribution in [2.24, 2.45) is 0 Å². The Hall–Kier alpha value is -1.92. The van der Waals surface area contributed by atoms with E-state index < -0.39 is 6.10 Å². The first-order valence-electron chi connectivity index (χ1n) is 5.76. The zero-order chi connectivity index (χ0) is 13.8. The molecule has 2 rings (SSSR count). The van der Waals surface area contributed by atoms with Gasteiger partial charge < -0.3 is 15.5 Å². The summed E-state index contributed by atoms with van der Waals surface area (Å²) in [4.78, 5) is 15.9. The third-order valence-electron chi connectivity index (χ3n) is 2.54. The van der Waals surface area contributed by atoms with Crippen molar-refractivity contribution < 1.29 is 15.0 Å². The molecule has 3 N–H and O–H groups in total. The first kappa shape index (κ1) is 13.5. The van der Waals surface area contributed by atoms with Crippen LogP contribution in [0.1, 0.15) is 24.3 Å². The Morgan fingerprint density at radius 3 is 2.84 bits per heavy atom. The second-order valence-electron chi connectivity index (χ2n) is 4.11. The third kappa shape index (κ3) is 3.52. The number of rotatable bonds is 4. The lowest BCUT2D eigenvalue weighted by Crippen LogP contribution is -2.14. The molecular weight excluding hydrogens is 264 g/mol. The van der Waals surface area contributed by atoms with Gasteiger partial charge in [-0.3, -0.25) is 4.79 Å². The van der Waals surface area contributed by atoms with Gasteiger partial charge in [-0.25, -0.2) is 4.98 Å². The van der Waals surface area contributed by atoms with E-state index in [4.69, 9.17) is 0 Å². The standard InChI is InChI=1S/C13H14N2O3S/c1-8(16)10-7-19-13(14-10)15-12(18)6-9-4-2-3-5-11(9)17/h2-5,7-8,16-17H,6H2,1H3,(H,14,15,18). The van der Waals surface area contributed by atoms with Crippen LogP contribution in [-0.4, -0.2) is 21.1 Å². The molecule has 1 atom stereocenters. The van der Waals surface area contributed by atoms with E-state index in [1.54, 1.807) is 30.5 Å². The van der Waals surface area contributed by atoms with Crippen LogP contribution in [0.25, 0.3) is 0 Å². The van der Waals surface area contributed by atoms with Crippen LogP contribution in [0.5, 0.6) is 5.75 Å². The fourth-order valence-electron chi connectivity index (χ4n) is 1.53. The maximum Gasteiger partial charge on any atom is 0.230 e. The highest BCUT2D eigenvalue weighted by Gasteiger charge is 2.11. The van der Waals surface area contributed by atoms with Crippen molar-refractivity contribution in [3.8, 4) is 5.75 Å². The summed E-state index contributed by atoms with van der Waals surface area (Å²) in [5.41, 5.74) is 1.09. The van der Waals surface area contributed by atoms with E-state index in [0.29, 0.717) is 16.4 Å². The van der Waals surface area contributed by atoms with E-state index in [0.717, 1.165) is 0 Å². The molecule has 1 aromatic carbocycles. The fourth-order valence-corrected chi connectivity index (χ4v) is 2.35. The first-order chi connectivity index (χ1) is 9.06. The summed E-state index contributed by atoms with van der Waals surface area (Å²) in [5, 5.41) is 23.7. The topological polar surface area (TPSA) is 82.5 Å². The smallest absolute Gasteiger partial charge is 0.230 e. The van der Waals surface area contributed by atoms with Gasteiger partial charge in [0.1, 0.15) is 5.75 Å². The minimum absolute atomic E-state index is 0.0796. The number of carbonyl (C=O) groups is 1. The number of carbonyl (C=O) groups excluding carboxylic acids is 1. The Bertz CT molecular complexity index is 581. The van der Waals surface area contributed by atoms with Gasteiger partial charge in [0.05, 0.1) is 18.2 Å². The number of benzene rings is 1. The van der Waals surface area contributed by atoms with Gasteiger partial charge in [-0.05, 0) is 13.0 Å². The molecule has 0 radical (unpaired) electrons. The number of aliphatic hydroxyl groups excluding tert-OH is 1. The molecule has 0 aliphatic carbocycles. The van der Waals surface area contributed by atoms with Gasteiger partial charge in [-0.1, -0.05) is 18.2 Å². The van der Waals surface area contributed by atoms with Gasteiger partial charge in [-0.2, -0.15) is 0 Å². The van der Waals surface area contributed by atoms with Crippen LogP contribution in [-0.2, 0) is 11.2 Å². The monoisotopic (exact) mass is 278 g/mol. The summed E-state index contributed by atoms with van der Waals surface area (Å²) >= 11 is 1.26. The van der Waals surface area contributed by atoms with E-state index in [1.165, 1.54) is 17.4 Å². The second kappa shape index (κ2) is 5.81. The summed E-state index contributed by atoms with van der Waals surface area (Å²) < 4.78 is 0. The van der Waals surface area contributed by atoms with E-state index in [9.17, 15) is 15.0 Å². The average Bonchev–Trinajstić information content (AvgIpc) is 2.80. The van der Waals surface area contributed by atoms with E-state index >= 15 is 0 Å². The van der Waals surface area contributed by atoms with Gasteiger partial charge in [0.25, 0.3) is 0 Å². The molecular formula is C13H14N2O3S. The molecule has 100 valence electrons. The normalized spacial score (nSPS) is 12.1. The lowest BCUT2D eigenvalue weighted by Gasteiger charge is -2.04. The van der Waals surface area contributed by atoms with Crippen LogP contribution in [0, 0.1) is 0 Å². The number of thiazole rings is 1. The van der Waals surface area contributed by atoms with Crippen molar-refractivity contribution in [2.45, 2.75) is 19.4 Å². The number of hydrogen-bond donors (Lipinski definition) is 3. The number of nitrogens with zero attached hydrogens (tertiary/aromatic N) is 1.